The molecule has 0 aliphatic rings. The van der Waals surface area contributed by atoms with Crippen LogP contribution < -0.4 is 9.47 Å². The predicted molar refractivity (Wildman–Crippen MR) is 74.4 cm³/mol. The molecular weight excluding hydrogens is 283 g/mol. The van der Waals surface area contributed by atoms with Gasteiger partial charge in [-0.3, -0.25) is 4.79 Å². The number of halogens is 2. The summed E-state index contributed by atoms with van der Waals surface area (Å²) in [6, 6.07) is 8.30. The van der Waals surface area contributed by atoms with Crippen molar-refractivity contribution in [3.05, 3.63) is 58.4 Å². The lowest BCUT2D eigenvalue weighted by Crippen LogP contribution is -2.04. The van der Waals surface area contributed by atoms with Crippen molar-refractivity contribution in [2.24, 2.45) is 0 Å². The topological polar surface area (TPSA) is 35.5 Å². The molecule has 0 N–H and O–H groups in total. The minimum absolute atomic E-state index is 0.296. The van der Waals surface area contributed by atoms with Gasteiger partial charge >= 0.3 is 0 Å². The molecule has 5 heteroatoms. The lowest BCUT2D eigenvalue weighted by molar-refractivity contribution is 0.103. The highest BCUT2D eigenvalue weighted by Gasteiger charge is 2.17. The molecule has 2 aromatic rings. The first-order chi connectivity index (χ1) is 9.56. The number of methoxy groups -OCH3 is 2. The third-order valence-corrected chi connectivity index (χ3v) is 3.12. The highest BCUT2D eigenvalue weighted by molar-refractivity contribution is 6.32. The van der Waals surface area contributed by atoms with Crippen LogP contribution in [-0.4, -0.2) is 20.0 Å². The van der Waals surface area contributed by atoms with E-state index >= 15 is 0 Å². The number of ether oxygens (including phenoxy) is 2. The lowest BCUT2D eigenvalue weighted by atomic mass is 10.0. The Morgan fingerprint density at radius 2 is 1.65 bits per heavy atom. The fourth-order valence-electron chi connectivity index (χ4n) is 1.79. The Kier molecular flexibility index (Phi) is 4.25. The Labute approximate surface area is 120 Å². The van der Waals surface area contributed by atoms with E-state index < -0.39 is 5.82 Å². The van der Waals surface area contributed by atoms with Crippen molar-refractivity contribution in [1.29, 1.82) is 0 Å². The molecule has 2 aromatic carbocycles. The molecule has 104 valence electrons. The molecule has 3 nitrogen and oxygen atoms in total. The number of carbonyl (C=O) groups excluding carboxylic acids is 1. The van der Waals surface area contributed by atoms with E-state index in [9.17, 15) is 9.18 Å². The van der Waals surface area contributed by atoms with Crippen LogP contribution in [-0.2, 0) is 0 Å². The molecule has 0 aliphatic heterocycles. The predicted octanol–water partition coefficient (Wildman–Crippen LogP) is 3.73. The minimum atomic E-state index is -0.402. The van der Waals surface area contributed by atoms with Gasteiger partial charge in [0.2, 0.25) is 0 Å². The Bertz CT molecular complexity index is 638. The first-order valence-electron chi connectivity index (χ1n) is 5.78. The Morgan fingerprint density at radius 1 is 1.05 bits per heavy atom. The molecule has 0 radical (unpaired) electrons. The maximum absolute atomic E-state index is 12.9. The highest BCUT2D eigenvalue weighted by atomic mass is 35.5. The number of ketones is 1. The maximum Gasteiger partial charge on any atom is 0.196 e. The molecule has 0 saturated carbocycles. The zero-order chi connectivity index (χ0) is 14.7. The normalized spacial score (nSPS) is 10.2. The van der Waals surface area contributed by atoms with E-state index in [-0.39, 0.29) is 5.78 Å². The van der Waals surface area contributed by atoms with E-state index in [1.807, 2.05) is 0 Å². The second-order valence-electron chi connectivity index (χ2n) is 4.02. The van der Waals surface area contributed by atoms with Crippen LogP contribution >= 0.6 is 11.6 Å². The van der Waals surface area contributed by atoms with E-state index in [4.69, 9.17) is 21.1 Å². The van der Waals surface area contributed by atoms with Crippen LogP contribution in [0.3, 0.4) is 0 Å². The van der Waals surface area contributed by atoms with Crippen molar-refractivity contribution in [3.63, 3.8) is 0 Å². The lowest BCUT2D eigenvalue weighted by Gasteiger charge is -2.11. The molecule has 0 bridgehead atoms. The van der Waals surface area contributed by atoms with Crippen molar-refractivity contribution in [2.75, 3.05) is 14.2 Å². The quantitative estimate of drug-likeness (QED) is 0.806. The van der Waals surface area contributed by atoms with Gasteiger partial charge in [-0.2, -0.15) is 0 Å². The summed E-state index contributed by atoms with van der Waals surface area (Å²) in [6.45, 7) is 0. The second-order valence-corrected chi connectivity index (χ2v) is 4.43. The average Bonchev–Trinajstić information content (AvgIpc) is 2.47. The Hall–Kier alpha value is -2.07. The van der Waals surface area contributed by atoms with Gasteiger partial charge < -0.3 is 9.47 Å². The summed E-state index contributed by atoms with van der Waals surface area (Å²) in [6.07, 6.45) is 0. The first-order valence-corrected chi connectivity index (χ1v) is 6.16. The molecule has 0 fully saturated rings. The molecule has 20 heavy (non-hydrogen) atoms. The number of hydrogen-bond acceptors (Lipinski definition) is 3. The Balaban J connectivity index is 2.48. The van der Waals surface area contributed by atoms with Gasteiger partial charge in [-0.05, 0) is 30.3 Å². The Morgan fingerprint density at radius 3 is 2.20 bits per heavy atom. The van der Waals surface area contributed by atoms with E-state index in [1.165, 1.54) is 44.6 Å². The van der Waals surface area contributed by atoms with Crippen LogP contribution in [0.15, 0.2) is 36.4 Å². The van der Waals surface area contributed by atoms with Crippen LogP contribution in [0, 0.1) is 5.82 Å². The maximum atomic E-state index is 12.9. The third-order valence-electron chi connectivity index (χ3n) is 2.82. The molecular formula is C15H12ClFO3. The van der Waals surface area contributed by atoms with E-state index in [0.717, 1.165) is 0 Å². The van der Waals surface area contributed by atoms with E-state index in [2.05, 4.69) is 0 Å². The summed E-state index contributed by atoms with van der Waals surface area (Å²) < 4.78 is 23.1. The molecule has 0 heterocycles. The minimum Gasteiger partial charge on any atom is -0.496 e. The molecule has 0 atom stereocenters. The highest BCUT2D eigenvalue weighted by Crippen LogP contribution is 2.33. The van der Waals surface area contributed by atoms with Gasteiger partial charge in [0, 0.05) is 11.6 Å². The van der Waals surface area contributed by atoms with Crippen molar-refractivity contribution in [3.8, 4) is 11.5 Å². The van der Waals surface area contributed by atoms with Gasteiger partial charge in [0.25, 0.3) is 0 Å². The zero-order valence-corrected chi connectivity index (χ0v) is 11.7. The van der Waals surface area contributed by atoms with Crippen molar-refractivity contribution >= 4 is 17.4 Å². The first kappa shape index (κ1) is 14.3. The van der Waals surface area contributed by atoms with Crippen LogP contribution in [0.5, 0.6) is 11.5 Å². The van der Waals surface area contributed by atoms with Gasteiger partial charge in [0.1, 0.15) is 17.3 Å². The van der Waals surface area contributed by atoms with Gasteiger partial charge in [0.05, 0.1) is 24.8 Å². The number of benzene rings is 2. The van der Waals surface area contributed by atoms with Crippen LogP contribution in [0.25, 0.3) is 0 Å². The molecule has 0 aliphatic carbocycles. The summed E-state index contributed by atoms with van der Waals surface area (Å²) >= 11 is 6.02. The number of carbonyl (C=O) groups is 1. The summed E-state index contributed by atoms with van der Waals surface area (Å²) in [4.78, 5) is 12.4. The van der Waals surface area contributed by atoms with Crippen molar-refractivity contribution in [2.45, 2.75) is 0 Å². The van der Waals surface area contributed by atoms with Gasteiger partial charge in [-0.1, -0.05) is 11.6 Å². The van der Waals surface area contributed by atoms with Crippen molar-refractivity contribution < 1.29 is 18.7 Å². The molecule has 0 aromatic heterocycles. The molecule has 0 saturated heterocycles. The molecule has 0 amide bonds. The van der Waals surface area contributed by atoms with Gasteiger partial charge in [0.15, 0.2) is 5.78 Å². The van der Waals surface area contributed by atoms with E-state index in [1.54, 1.807) is 6.07 Å². The standard InChI is InChI=1S/C15H12ClFO3/c1-19-13-8-14(20-2)12(16)7-11(13)15(18)9-3-5-10(17)6-4-9/h3-8H,1-2H3. The largest absolute Gasteiger partial charge is 0.496 e. The summed E-state index contributed by atoms with van der Waals surface area (Å²) in [5.41, 5.74) is 0.649. The average molecular weight is 295 g/mol. The molecule has 2 rings (SSSR count). The van der Waals surface area contributed by atoms with Crippen molar-refractivity contribution in [1.82, 2.24) is 0 Å². The smallest absolute Gasteiger partial charge is 0.196 e. The van der Waals surface area contributed by atoms with Crippen LogP contribution in [0.2, 0.25) is 5.02 Å². The fourth-order valence-corrected chi connectivity index (χ4v) is 2.04. The second kappa shape index (κ2) is 5.92. The number of rotatable bonds is 4. The van der Waals surface area contributed by atoms with Gasteiger partial charge in [-0.25, -0.2) is 4.39 Å². The van der Waals surface area contributed by atoms with E-state index in [0.29, 0.717) is 27.6 Å². The SMILES string of the molecule is COc1cc(OC)c(C(=O)c2ccc(F)cc2)cc1Cl. The molecule has 0 unspecified atom stereocenters. The van der Waals surface area contributed by atoms with Crippen LogP contribution in [0.4, 0.5) is 4.39 Å². The summed E-state index contributed by atoms with van der Waals surface area (Å²) in [5, 5.41) is 0.304. The number of hydrogen-bond donors (Lipinski definition) is 0. The zero-order valence-electron chi connectivity index (χ0n) is 10.9. The molecule has 0 spiro atoms. The van der Waals surface area contributed by atoms with Gasteiger partial charge in [-0.15, -0.1) is 0 Å². The monoisotopic (exact) mass is 294 g/mol. The summed E-state index contributed by atoms with van der Waals surface area (Å²) in [5.74, 6) is 0.0624. The third kappa shape index (κ3) is 2.75. The summed E-state index contributed by atoms with van der Waals surface area (Å²) in [7, 11) is 2.92. The van der Waals surface area contributed by atoms with Crippen LogP contribution in [0.1, 0.15) is 15.9 Å². The fraction of sp³-hybridized carbons (Fsp3) is 0.133.